The lowest BCUT2D eigenvalue weighted by atomic mass is 10.5. The highest BCUT2D eigenvalue weighted by Gasteiger charge is 1.83. The Labute approximate surface area is 61.7 Å². The maximum Gasteiger partial charge on any atom is 0.0698 e. The number of rotatable bonds is 5. The van der Waals surface area contributed by atoms with Crippen molar-refractivity contribution in [2.75, 3.05) is 26.4 Å². The Morgan fingerprint density at radius 2 is 2.10 bits per heavy atom. The Hall–Kier alpha value is -0.410. The third-order valence-corrected chi connectivity index (χ3v) is 0.899. The average Bonchev–Trinajstić information content (AvgIpc) is 1.87. The van der Waals surface area contributed by atoms with Gasteiger partial charge in [0.05, 0.1) is 26.4 Å². The summed E-state index contributed by atoms with van der Waals surface area (Å²) < 4.78 is 4.98. The summed E-state index contributed by atoms with van der Waals surface area (Å²) in [6.07, 6.45) is 0. The van der Waals surface area contributed by atoms with Crippen molar-refractivity contribution in [1.29, 1.82) is 0 Å². The zero-order valence-corrected chi connectivity index (χ0v) is 6.63. The quantitative estimate of drug-likeness (QED) is 0.451. The van der Waals surface area contributed by atoms with Crippen LogP contribution in [-0.4, -0.2) is 37.2 Å². The molecule has 0 aliphatic heterocycles. The lowest BCUT2D eigenvalue weighted by Gasteiger charge is -1.97. The highest BCUT2D eigenvalue weighted by atomic mass is 16.5. The third kappa shape index (κ3) is 7.59. The van der Waals surface area contributed by atoms with Crippen molar-refractivity contribution in [3.63, 3.8) is 0 Å². The molecule has 0 aromatic rings. The summed E-state index contributed by atoms with van der Waals surface area (Å²) in [5, 5.41) is 8.31. The maximum absolute atomic E-state index is 8.31. The van der Waals surface area contributed by atoms with Gasteiger partial charge in [0.15, 0.2) is 0 Å². The Morgan fingerprint density at radius 1 is 1.40 bits per heavy atom. The van der Waals surface area contributed by atoms with Gasteiger partial charge in [0.1, 0.15) is 0 Å². The van der Waals surface area contributed by atoms with Gasteiger partial charge in [-0.05, 0) is 13.8 Å². The van der Waals surface area contributed by atoms with E-state index in [1.54, 1.807) is 0 Å². The second-order valence-electron chi connectivity index (χ2n) is 2.16. The van der Waals surface area contributed by atoms with E-state index in [4.69, 9.17) is 9.84 Å². The second kappa shape index (κ2) is 6.71. The molecule has 0 saturated heterocycles. The minimum atomic E-state index is 0.0921. The first-order valence-corrected chi connectivity index (χ1v) is 3.43. The number of aliphatic imine (C=N–C) groups is 1. The average molecular weight is 145 g/mol. The second-order valence-corrected chi connectivity index (χ2v) is 2.16. The van der Waals surface area contributed by atoms with Crippen molar-refractivity contribution < 1.29 is 9.84 Å². The van der Waals surface area contributed by atoms with Gasteiger partial charge < -0.3 is 9.84 Å². The van der Waals surface area contributed by atoms with Gasteiger partial charge in [-0.2, -0.15) is 0 Å². The number of ether oxygens (including phenoxy) is 1. The molecule has 0 spiro atoms. The Bertz CT molecular complexity index is 97.8. The number of aliphatic hydroxyl groups excluding tert-OH is 1. The molecule has 0 aliphatic rings. The summed E-state index contributed by atoms with van der Waals surface area (Å²) >= 11 is 0. The molecule has 0 radical (unpaired) electrons. The highest BCUT2D eigenvalue weighted by molar-refractivity contribution is 5.78. The summed E-state index contributed by atoms with van der Waals surface area (Å²) in [4.78, 5) is 4.11. The third-order valence-electron chi connectivity index (χ3n) is 0.899. The van der Waals surface area contributed by atoms with Crippen LogP contribution in [0.15, 0.2) is 4.99 Å². The van der Waals surface area contributed by atoms with Gasteiger partial charge in [-0.1, -0.05) is 0 Å². The molecule has 0 aliphatic carbocycles. The standard InChI is InChI=1S/C7H15NO2/c1-7(2)8-3-5-10-6-4-9/h9H,3-6H2,1-2H3. The van der Waals surface area contributed by atoms with E-state index >= 15 is 0 Å². The van der Waals surface area contributed by atoms with Crippen molar-refractivity contribution in [2.45, 2.75) is 13.8 Å². The van der Waals surface area contributed by atoms with Gasteiger partial charge in [-0.25, -0.2) is 0 Å². The Kier molecular flexibility index (Phi) is 6.43. The monoisotopic (exact) mass is 145 g/mol. The lowest BCUT2D eigenvalue weighted by Crippen LogP contribution is -2.03. The van der Waals surface area contributed by atoms with Gasteiger partial charge in [0.2, 0.25) is 0 Å². The fourth-order valence-corrected chi connectivity index (χ4v) is 0.500. The number of hydrogen-bond donors (Lipinski definition) is 1. The van der Waals surface area contributed by atoms with Crippen LogP contribution in [0.2, 0.25) is 0 Å². The van der Waals surface area contributed by atoms with Crippen LogP contribution in [-0.2, 0) is 4.74 Å². The molecular formula is C7H15NO2. The summed E-state index contributed by atoms with van der Waals surface area (Å²) in [6.45, 7) is 5.71. The van der Waals surface area contributed by atoms with E-state index < -0.39 is 0 Å². The fraction of sp³-hybridized carbons (Fsp3) is 0.857. The van der Waals surface area contributed by atoms with Crippen LogP contribution in [0.4, 0.5) is 0 Å². The minimum Gasteiger partial charge on any atom is -0.394 e. The molecule has 0 heterocycles. The first-order valence-electron chi connectivity index (χ1n) is 3.43. The van der Waals surface area contributed by atoms with Crippen molar-refractivity contribution in [3.05, 3.63) is 0 Å². The first kappa shape index (κ1) is 9.59. The molecule has 0 bridgehead atoms. The molecule has 0 fully saturated rings. The topological polar surface area (TPSA) is 41.8 Å². The molecule has 0 saturated carbocycles. The molecule has 10 heavy (non-hydrogen) atoms. The zero-order valence-electron chi connectivity index (χ0n) is 6.63. The number of aliphatic hydroxyl groups is 1. The molecule has 1 N–H and O–H groups in total. The van der Waals surface area contributed by atoms with Gasteiger partial charge >= 0.3 is 0 Å². The molecule has 3 nitrogen and oxygen atoms in total. The molecule has 0 unspecified atom stereocenters. The minimum absolute atomic E-state index is 0.0921. The van der Waals surface area contributed by atoms with E-state index in [9.17, 15) is 0 Å². The Balaban J connectivity index is 2.98. The Morgan fingerprint density at radius 3 is 2.60 bits per heavy atom. The molecule has 0 amide bonds. The van der Waals surface area contributed by atoms with Crippen LogP contribution < -0.4 is 0 Å². The van der Waals surface area contributed by atoms with Crippen molar-refractivity contribution in [3.8, 4) is 0 Å². The predicted molar refractivity (Wildman–Crippen MR) is 41.6 cm³/mol. The van der Waals surface area contributed by atoms with E-state index in [0.29, 0.717) is 19.8 Å². The lowest BCUT2D eigenvalue weighted by molar-refractivity contribution is 0.0978. The molecule has 0 aromatic carbocycles. The van der Waals surface area contributed by atoms with E-state index in [1.165, 1.54) is 0 Å². The van der Waals surface area contributed by atoms with E-state index in [1.807, 2.05) is 13.8 Å². The normalized spacial score (nSPS) is 9.50. The molecule has 0 rings (SSSR count). The first-order chi connectivity index (χ1) is 4.77. The number of hydrogen-bond acceptors (Lipinski definition) is 3. The molecule has 0 atom stereocenters. The smallest absolute Gasteiger partial charge is 0.0698 e. The van der Waals surface area contributed by atoms with Gasteiger partial charge in [0, 0.05) is 5.71 Å². The fourth-order valence-electron chi connectivity index (χ4n) is 0.500. The molecule has 3 heteroatoms. The highest BCUT2D eigenvalue weighted by Crippen LogP contribution is 1.78. The van der Waals surface area contributed by atoms with Crippen LogP contribution in [0.1, 0.15) is 13.8 Å². The van der Waals surface area contributed by atoms with Crippen molar-refractivity contribution in [2.24, 2.45) is 4.99 Å². The van der Waals surface area contributed by atoms with Crippen LogP contribution in [0.25, 0.3) is 0 Å². The van der Waals surface area contributed by atoms with Crippen molar-refractivity contribution >= 4 is 5.71 Å². The summed E-state index contributed by atoms with van der Waals surface area (Å²) in [5.74, 6) is 0. The largest absolute Gasteiger partial charge is 0.394 e. The van der Waals surface area contributed by atoms with Gasteiger partial charge in [-0.15, -0.1) is 0 Å². The van der Waals surface area contributed by atoms with Crippen LogP contribution in [0.5, 0.6) is 0 Å². The van der Waals surface area contributed by atoms with Crippen LogP contribution >= 0.6 is 0 Å². The summed E-state index contributed by atoms with van der Waals surface area (Å²) in [6, 6.07) is 0. The summed E-state index contributed by atoms with van der Waals surface area (Å²) in [7, 11) is 0. The molecule has 60 valence electrons. The number of nitrogens with zero attached hydrogens (tertiary/aromatic N) is 1. The predicted octanol–water partition coefficient (Wildman–Crippen LogP) is 0.476. The molecule has 0 aromatic heterocycles. The summed E-state index contributed by atoms with van der Waals surface area (Å²) in [5.41, 5.74) is 1.06. The van der Waals surface area contributed by atoms with Gasteiger partial charge in [-0.3, -0.25) is 4.99 Å². The SMILES string of the molecule is CC(C)=NCCOCCO. The molecular weight excluding hydrogens is 130 g/mol. The maximum atomic E-state index is 8.31. The van der Waals surface area contributed by atoms with Crippen LogP contribution in [0, 0.1) is 0 Å². The zero-order chi connectivity index (χ0) is 7.82. The van der Waals surface area contributed by atoms with Crippen LogP contribution in [0.3, 0.4) is 0 Å². The van der Waals surface area contributed by atoms with Gasteiger partial charge in [0.25, 0.3) is 0 Å². The van der Waals surface area contributed by atoms with E-state index in [0.717, 1.165) is 5.71 Å². The van der Waals surface area contributed by atoms with Crippen molar-refractivity contribution in [1.82, 2.24) is 0 Å². The van der Waals surface area contributed by atoms with E-state index in [2.05, 4.69) is 4.99 Å². The van der Waals surface area contributed by atoms with E-state index in [-0.39, 0.29) is 6.61 Å².